The van der Waals surface area contributed by atoms with Crippen LogP contribution in [-0.4, -0.2) is 35.5 Å². The predicted octanol–water partition coefficient (Wildman–Crippen LogP) is 3.55. The van der Waals surface area contributed by atoms with Crippen molar-refractivity contribution in [2.75, 3.05) is 0 Å². The molecule has 8 nitrogen and oxygen atoms in total. The third-order valence-electron chi connectivity index (χ3n) is 4.69. The van der Waals surface area contributed by atoms with Gasteiger partial charge in [-0.3, -0.25) is 4.79 Å². The van der Waals surface area contributed by atoms with Gasteiger partial charge in [-0.2, -0.15) is 0 Å². The molecule has 0 unspecified atom stereocenters. The molecular formula is C22H17N7OS. The van der Waals surface area contributed by atoms with Gasteiger partial charge in [0.15, 0.2) is 11.5 Å². The zero-order valence-corrected chi connectivity index (χ0v) is 17.4. The van der Waals surface area contributed by atoms with Crippen molar-refractivity contribution in [2.45, 2.75) is 13.5 Å². The molecule has 0 saturated heterocycles. The Morgan fingerprint density at radius 1 is 1.06 bits per heavy atom. The average molecular weight is 427 g/mol. The first-order valence-electron chi connectivity index (χ1n) is 9.57. The van der Waals surface area contributed by atoms with Crippen molar-refractivity contribution in [3.8, 4) is 22.0 Å². The van der Waals surface area contributed by atoms with Crippen LogP contribution in [-0.2, 0) is 6.54 Å². The van der Waals surface area contributed by atoms with E-state index in [-0.39, 0.29) is 5.91 Å². The number of carbonyl (C=O) groups excluding carboxylic acids is 1. The molecule has 31 heavy (non-hydrogen) atoms. The van der Waals surface area contributed by atoms with Crippen LogP contribution in [0.1, 0.15) is 20.8 Å². The maximum atomic E-state index is 12.3. The highest BCUT2D eigenvalue weighted by molar-refractivity contribution is 7.15. The molecule has 1 aromatic carbocycles. The Morgan fingerprint density at radius 2 is 1.87 bits per heavy atom. The third-order valence-corrected chi connectivity index (χ3v) is 5.74. The summed E-state index contributed by atoms with van der Waals surface area (Å²) in [5.41, 5.74) is 4.18. The lowest BCUT2D eigenvalue weighted by atomic mass is 10.1. The second-order valence-electron chi connectivity index (χ2n) is 6.96. The van der Waals surface area contributed by atoms with E-state index in [1.165, 1.54) is 17.7 Å². The van der Waals surface area contributed by atoms with Crippen molar-refractivity contribution in [1.82, 2.24) is 34.9 Å². The zero-order chi connectivity index (χ0) is 21.2. The first-order valence-corrected chi connectivity index (χ1v) is 10.4. The number of nitrogens with one attached hydrogen (secondary N) is 1. The number of thiazole rings is 1. The van der Waals surface area contributed by atoms with E-state index in [1.807, 2.05) is 49.5 Å². The van der Waals surface area contributed by atoms with Crippen LogP contribution in [0.25, 0.3) is 27.6 Å². The monoisotopic (exact) mass is 427 g/mol. The largest absolute Gasteiger partial charge is 0.347 e. The second-order valence-corrected chi connectivity index (χ2v) is 8.08. The van der Waals surface area contributed by atoms with Gasteiger partial charge in [0.05, 0.1) is 12.1 Å². The number of hydrogen-bond donors (Lipinski definition) is 1. The van der Waals surface area contributed by atoms with Gasteiger partial charge in [0.1, 0.15) is 11.3 Å². The van der Waals surface area contributed by atoms with Gasteiger partial charge >= 0.3 is 0 Å². The van der Waals surface area contributed by atoms with Gasteiger partial charge in [-0.15, -0.1) is 16.4 Å². The Morgan fingerprint density at radius 3 is 2.68 bits per heavy atom. The number of fused-ring (bicyclic) bond motifs is 1. The third kappa shape index (κ3) is 4.03. The number of carbonyl (C=O) groups is 1. The maximum absolute atomic E-state index is 12.3. The van der Waals surface area contributed by atoms with Crippen LogP contribution in [0.2, 0.25) is 0 Å². The molecule has 0 saturated carbocycles. The molecule has 9 heteroatoms. The Labute approximate surface area is 181 Å². The summed E-state index contributed by atoms with van der Waals surface area (Å²) in [6, 6.07) is 11.4. The van der Waals surface area contributed by atoms with Crippen LogP contribution in [0.4, 0.5) is 0 Å². The summed E-state index contributed by atoms with van der Waals surface area (Å²) >= 11 is 1.53. The SMILES string of the molecule is Cc1ccc(C(=O)NCc2cnc(-c3ccn4nc(-c5cncnc5)nc4c3)s2)cc1. The quantitative estimate of drug-likeness (QED) is 0.461. The summed E-state index contributed by atoms with van der Waals surface area (Å²) in [4.78, 5) is 30.4. The van der Waals surface area contributed by atoms with Gasteiger partial charge in [-0.05, 0) is 31.2 Å². The van der Waals surface area contributed by atoms with Crippen molar-refractivity contribution < 1.29 is 4.79 Å². The fraction of sp³-hybridized carbons (Fsp3) is 0.0909. The molecule has 4 heterocycles. The molecule has 152 valence electrons. The molecule has 0 bridgehead atoms. The number of amides is 1. The molecule has 5 rings (SSSR count). The molecule has 0 atom stereocenters. The van der Waals surface area contributed by atoms with Crippen molar-refractivity contribution in [3.05, 3.63) is 83.5 Å². The second kappa shape index (κ2) is 8.04. The molecule has 0 spiro atoms. The van der Waals surface area contributed by atoms with E-state index in [4.69, 9.17) is 0 Å². The van der Waals surface area contributed by atoms with Crippen LogP contribution in [0.5, 0.6) is 0 Å². The summed E-state index contributed by atoms with van der Waals surface area (Å²) < 4.78 is 1.71. The van der Waals surface area contributed by atoms with Gasteiger partial charge in [-0.1, -0.05) is 17.7 Å². The van der Waals surface area contributed by atoms with E-state index in [2.05, 4.69) is 30.4 Å². The maximum Gasteiger partial charge on any atom is 0.251 e. The highest BCUT2D eigenvalue weighted by Crippen LogP contribution is 2.26. The molecule has 1 amide bonds. The standard InChI is InChI=1S/C22H17N7OS/c1-14-2-4-15(5-3-14)21(30)25-11-18-12-26-22(31-18)16-6-7-29-19(8-16)27-20(28-29)17-9-23-13-24-10-17/h2-10,12-13H,11H2,1H3,(H,25,30). The first kappa shape index (κ1) is 19.0. The van der Waals surface area contributed by atoms with E-state index in [0.717, 1.165) is 26.6 Å². The van der Waals surface area contributed by atoms with E-state index in [1.54, 1.807) is 23.1 Å². The number of aryl methyl sites for hydroxylation is 1. The smallest absolute Gasteiger partial charge is 0.251 e. The van der Waals surface area contributed by atoms with Gasteiger partial charge in [0.25, 0.3) is 5.91 Å². The van der Waals surface area contributed by atoms with Crippen molar-refractivity contribution >= 4 is 22.9 Å². The first-order chi connectivity index (χ1) is 15.2. The molecule has 0 aliphatic carbocycles. The number of pyridine rings is 1. The van der Waals surface area contributed by atoms with Gasteiger partial charge < -0.3 is 5.32 Å². The fourth-order valence-electron chi connectivity index (χ4n) is 3.05. The summed E-state index contributed by atoms with van der Waals surface area (Å²) in [5, 5.41) is 8.27. The Balaban J connectivity index is 1.32. The van der Waals surface area contributed by atoms with E-state index in [0.29, 0.717) is 23.6 Å². The van der Waals surface area contributed by atoms with Crippen LogP contribution < -0.4 is 5.32 Å². The number of rotatable bonds is 5. The lowest BCUT2D eigenvalue weighted by molar-refractivity contribution is 0.0951. The van der Waals surface area contributed by atoms with Crippen LogP contribution in [0.15, 0.2) is 67.5 Å². The zero-order valence-electron chi connectivity index (χ0n) is 16.6. The lowest BCUT2D eigenvalue weighted by Crippen LogP contribution is -2.22. The number of nitrogens with zero attached hydrogens (tertiary/aromatic N) is 6. The molecule has 4 aromatic heterocycles. The number of hydrogen-bond acceptors (Lipinski definition) is 7. The van der Waals surface area contributed by atoms with Crippen molar-refractivity contribution in [1.29, 1.82) is 0 Å². The van der Waals surface area contributed by atoms with Crippen molar-refractivity contribution in [2.24, 2.45) is 0 Å². The highest BCUT2D eigenvalue weighted by atomic mass is 32.1. The summed E-state index contributed by atoms with van der Waals surface area (Å²) in [5.74, 6) is 0.466. The topological polar surface area (TPSA) is 98.0 Å². The Kier molecular flexibility index (Phi) is 4.93. The van der Waals surface area contributed by atoms with Gasteiger partial charge in [0, 0.05) is 40.8 Å². The molecule has 0 aliphatic rings. The summed E-state index contributed by atoms with van der Waals surface area (Å²) in [6.07, 6.45) is 8.48. The normalized spacial score (nSPS) is 11.0. The number of aromatic nitrogens is 6. The molecule has 0 fully saturated rings. The average Bonchev–Trinajstić information content (AvgIpc) is 3.45. The van der Waals surface area contributed by atoms with Crippen molar-refractivity contribution in [3.63, 3.8) is 0 Å². The van der Waals surface area contributed by atoms with Crippen LogP contribution in [0.3, 0.4) is 0 Å². The lowest BCUT2D eigenvalue weighted by Gasteiger charge is -2.03. The molecule has 1 N–H and O–H groups in total. The molecular weight excluding hydrogens is 410 g/mol. The minimum absolute atomic E-state index is 0.0998. The van der Waals surface area contributed by atoms with E-state index < -0.39 is 0 Å². The Hall–Kier alpha value is -3.98. The van der Waals surface area contributed by atoms with Gasteiger partial charge in [-0.25, -0.2) is 24.5 Å². The fourth-order valence-corrected chi connectivity index (χ4v) is 3.90. The Bertz CT molecular complexity index is 1360. The van der Waals surface area contributed by atoms with E-state index >= 15 is 0 Å². The molecule has 0 radical (unpaired) electrons. The minimum atomic E-state index is -0.0998. The highest BCUT2D eigenvalue weighted by Gasteiger charge is 2.11. The van der Waals surface area contributed by atoms with Crippen LogP contribution >= 0.6 is 11.3 Å². The summed E-state index contributed by atoms with van der Waals surface area (Å²) in [7, 11) is 0. The minimum Gasteiger partial charge on any atom is -0.347 e. The summed E-state index contributed by atoms with van der Waals surface area (Å²) in [6.45, 7) is 2.42. The number of benzene rings is 1. The molecule has 0 aliphatic heterocycles. The molecule has 5 aromatic rings. The van der Waals surface area contributed by atoms with E-state index in [9.17, 15) is 4.79 Å². The van der Waals surface area contributed by atoms with Crippen LogP contribution in [0, 0.1) is 6.92 Å². The van der Waals surface area contributed by atoms with Gasteiger partial charge in [0.2, 0.25) is 0 Å². The predicted molar refractivity (Wildman–Crippen MR) is 117 cm³/mol.